The summed E-state index contributed by atoms with van der Waals surface area (Å²) >= 11 is 1.68. The summed E-state index contributed by atoms with van der Waals surface area (Å²) in [5.74, 6) is 0.348. The van der Waals surface area contributed by atoms with Gasteiger partial charge in [-0.05, 0) is 31.0 Å². The Hall–Kier alpha value is -1.50. The molecule has 1 saturated heterocycles. The number of piperidine rings is 1. The molecule has 1 aromatic carbocycles. The number of carbonyl (C=O) groups is 1. The van der Waals surface area contributed by atoms with Crippen LogP contribution < -0.4 is 5.32 Å². The molecule has 2 heterocycles. The number of aliphatic hydroxyl groups is 1. The number of hydrogen-bond acceptors (Lipinski definition) is 5. The first-order valence-corrected chi connectivity index (χ1v) is 8.95. The van der Waals surface area contributed by atoms with Gasteiger partial charge in [0.05, 0.1) is 27.9 Å². The van der Waals surface area contributed by atoms with Gasteiger partial charge in [0.25, 0.3) is 0 Å². The molecule has 0 radical (unpaired) electrons. The van der Waals surface area contributed by atoms with Gasteiger partial charge in [0.15, 0.2) is 0 Å². The van der Waals surface area contributed by atoms with Crippen LogP contribution >= 0.6 is 11.3 Å². The molecule has 23 heavy (non-hydrogen) atoms. The maximum absolute atomic E-state index is 12.0. The number of aromatic nitrogens is 1. The fraction of sp³-hybridized carbons (Fsp3) is 0.529. The van der Waals surface area contributed by atoms with Crippen LogP contribution in [0.25, 0.3) is 10.2 Å². The van der Waals surface area contributed by atoms with Crippen molar-refractivity contribution in [2.24, 2.45) is 5.92 Å². The predicted octanol–water partition coefficient (Wildman–Crippen LogP) is 1.66. The van der Waals surface area contributed by atoms with Crippen molar-refractivity contribution >= 4 is 27.5 Å². The van der Waals surface area contributed by atoms with Crippen molar-refractivity contribution in [3.05, 3.63) is 29.3 Å². The van der Waals surface area contributed by atoms with E-state index in [9.17, 15) is 9.90 Å². The van der Waals surface area contributed by atoms with Crippen LogP contribution in [0.5, 0.6) is 0 Å². The minimum absolute atomic E-state index is 0.0212. The molecule has 2 aromatic rings. The van der Waals surface area contributed by atoms with Gasteiger partial charge < -0.3 is 10.4 Å². The molecule has 2 unspecified atom stereocenters. The van der Waals surface area contributed by atoms with Crippen molar-refractivity contribution in [1.82, 2.24) is 15.2 Å². The molecule has 1 aromatic heterocycles. The summed E-state index contributed by atoms with van der Waals surface area (Å²) in [4.78, 5) is 18.6. The maximum Gasteiger partial charge on any atom is 0.234 e. The lowest BCUT2D eigenvalue weighted by Crippen LogP contribution is -2.47. The summed E-state index contributed by atoms with van der Waals surface area (Å²) in [7, 11) is 0. The number of hydrogen-bond donors (Lipinski definition) is 2. The Bertz CT molecular complexity index is 640. The van der Waals surface area contributed by atoms with Gasteiger partial charge in [-0.2, -0.15) is 0 Å². The summed E-state index contributed by atoms with van der Waals surface area (Å²) in [6.07, 6.45) is 1.38. The molecule has 0 spiro atoms. The standard InChI is InChI=1S/C17H23N3O2S/c1-12-7-9-20(10-14(12)21)11-16(22)18-8-6-17-19-13-4-2-3-5-15(13)23-17/h2-5,12,14,21H,6-11H2,1H3,(H,18,22). The van der Waals surface area contributed by atoms with Gasteiger partial charge in [-0.3, -0.25) is 9.69 Å². The molecule has 124 valence electrons. The highest BCUT2D eigenvalue weighted by Gasteiger charge is 2.25. The first kappa shape index (κ1) is 16.4. The van der Waals surface area contributed by atoms with E-state index in [1.165, 1.54) is 4.70 Å². The van der Waals surface area contributed by atoms with Crippen LogP contribution in [0.2, 0.25) is 0 Å². The summed E-state index contributed by atoms with van der Waals surface area (Å²) in [5.41, 5.74) is 1.02. The maximum atomic E-state index is 12.0. The Morgan fingerprint density at radius 1 is 1.48 bits per heavy atom. The predicted molar refractivity (Wildman–Crippen MR) is 92.6 cm³/mol. The molecule has 1 aliphatic heterocycles. The second-order valence-electron chi connectivity index (χ2n) is 6.24. The molecule has 2 N–H and O–H groups in total. The SMILES string of the molecule is CC1CCN(CC(=O)NCCc2nc3ccccc3s2)CC1O. The van der Waals surface area contributed by atoms with Crippen LogP contribution in [-0.2, 0) is 11.2 Å². The van der Waals surface area contributed by atoms with E-state index in [2.05, 4.69) is 23.3 Å². The van der Waals surface area contributed by atoms with Crippen molar-refractivity contribution in [2.75, 3.05) is 26.2 Å². The van der Waals surface area contributed by atoms with Crippen molar-refractivity contribution in [2.45, 2.75) is 25.9 Å². The van der Waals surface area contributed by atoms with Crippen LogP contribution in [-0.4, -0.2) is 53.2 Å². The van der Waals surface area contributed by atoms with Gasteiger partial charge >= 0.3 is 0 Å². The molecular formula is C17H23N3O2S. The number of nitrogens with zero attached hydrogens (tertiary/aromatic N) is 2. The van der Waals surface area contributed by atoms with Gasteiger partial charge in [0.1, 0.15) is 0 Å². The van der Waals surface area contributed by atoms with Crippen molar-refractivity contribution in [1.29, 1.82) is 0 Å². The van der Waals surface area contributed by atoms with E-state index in [-0.39, 0.29) is 12.0 Å². The van der Waals surface area contributed by atoms with Crippen LogP contribution in [0.4, 0.5) is 0 Å². The summed E-state index contributed by atoms with van der Waals surface area (Å²) in [5, 5.41) is 13.9. The number of fused-ring (bicyclic) bond motifs is 1. The molecule has 3 rings (SSSR count). The monoisotopic (exact) mass is 333 g/mol. The van der Waals surface area contributed by atoms with Gasteiger partial charge in [0.2, 0.25) is 5.91 Å². The van der Waals surface area contributed by atoms with Gasteiger partial charge in [-0.15, -0.1) is 11.3 Å². The van der Waals surface area contributed by atoms with Gasteiger partial charge in [-0.25, -0.2) is 4.98 Å². The smallest absolute Gasteiger partial charge is 0.234 e. The second kappa shape index (κ2) is 7.38. The van der Waals surface area contributed by atoms with Crippen LogP contribution in [0.1, 0.15) is 18.4 Å². The summed E-state index contributed by atoms with van der Waals surface area (Å²) < 4.78 is 1.19. The Kier molecular flexibility index (Phi) is 5.25. The van der Waals surface area contributed by atoms with Crippen LogP contribution in [0.15, 0.2) is 24.3 Å². The zero-order valence-electron chi connectivity index (χ0n) is 13.4. The lowest BCUT2D eigenvalue weighted by atomic mass is 9.96. The van der Waals surface area contributed by atoms with Crippen molar-refractivity contribution < 1.29 is 9.90 Å². The molecule has 1 amide bonds. The molecule has 2 atom stereocenters. The van der Waals surface area contributed by atoms with E-state index in [0.29, 0.717) is 25.6 Å². The third-order valence-corrected chi connectivity index (χ3v) is 5.47. The number of amides is 1. The number of β-amino-alcohol motifs (C(OH)–C–C–N with tert-alkyl or cyclic N) is 1. The number of benzene rings is 1. The fourth-order valence-electron chi connectivity index (χ4n) is 2.85. The normalized spacial score (nSPS) is 22.3. The van der Waals surface area contributed by atoms with E-state index in [1.54, 1.807) is 11.3 Å². The summed E-state index contributed by atoms with van der Waals surface area (Å²) in [6.45, 7) is 4.49. The van der Waals surface area contributed by atoms with Crippen molar-refractivity contribution in [3.63, 3.8) is 0 Å². The number of aliphatic hydroxyl groups excluding tert-OH is 1. The molecule has 5 nitrogen and oxygen atoms in total. The lowest BCUT2D eigenvalue weighted by molar-refractivity contribution is -0.123. The average Bonchev–Trinajstić information content (AvgIpc) is 2.93. The Morgan fingerprint density at radius 3 is 3.09 bits per heavy atom. The molecule has 0 bridgehead atoms. The van der Waals surface area contributed by atoms with Gasteiger partial charge in [0, 0.05) is 19.5 Å². The molecule has 1 aliphatic rings. The molecule has 0 aliphatic carbocycles. The lowest BCUT2D eigenvalue weighted by Gasteiger charge is -2.33. The Labute approximate surface area is 140 Å². The summed E-state index contributed by atoms with van der Waals surface area (Å²) in [6, 6.07) is 8.08. The number of carbonyl (C=O) groups excluding carboxylic acids is 1. The first-order valence-electron chi connectivity index (χ1n) is 8.13. The van der Waals surface area contributed by atoms with E-state index >= 15 is 0 Å². The Morgan fingerprint density at radius 2 is 2.30 bits per heavy atom. The van der Waals surface area contributed by atoms with E-state index in [4.69, 9.17) is 0 Å². The van der Waals surface area contributed by atoms with E-state index in [0.717, 1.165) is 29.9 Å². The van der Waals surface area contributed by atoms with Crippen LogP contribution in [0, 0.1) is 5.92 Å². The highest BCUT2D eigenvalue weighted by atomic mass is 32.1. The topological polar surface area (TPSA) is 65.5 Å². The minimum Gasteiger partial charge on any atom is -0.392 e. The molecule has 0 saturated carbocycles. The van der Waals surface area contributed by atoms with E-state index < -0.39 is 0 Å². The second-order valence-corrected chi connectivity index (χ2v) is 7.36. The number of para-hydroxylation sites is 1. The highest BCUT2D eigenvalue weighted by Crippen LogP contribution is 2.21. The quantitative estimate of drug-likeness (QED) is 0.873. The zero-order valence-corrected chi connectivity index (χ0v) is 14.2. The minimum atomic E-state index is -0.320. The molecule has 6 heteroatoms. The van der Waals surface area contributed by atoms with E-state index in [1.807, 2.05) is 23.1 Å². The third kappa shape index (κ3) is 4.28. The number of nitrogens with one attached hydrogen (secondary N) is 1. The fourth-order valence-corrected chi connectivity index (χ4v) is 3.82. The molecular weight excluding hydrogens is 310 g/mol. The largest absolute Gasteiger partial charge is 0.392 e. The van der Waals surface area contributed by atoms with Gasteiger partial charge in [-0.1, -0.05) is 19.1 Å². The molecule has 1 fully saturated rings. The number of thiazole rings is 1. The van der Waals surface area contributed by atoms with Crippen molar-refractivity contribution in [3.8, 4) is 0 Å². The third-order valence-electron chi connectivity index (χ3n) is 4.37. The Balaban J connectivity index is 1.42. The highest BCUT2D eigenvalue weighted by molar-refractivity contribution is 7.18. The number of likely N-dealkylation sites (tertiary alicyclic amines) is 1. The first-order chi connectivity index (χ1) is 11.1. The number of rotatable bonds is 5. The van der Waals surface area contributed by atoms with Crippen LogP contribution in [0.3, 0.4) is 0 Å². The average molecular weight is 333 g/mol. The zero-order chi connectivity index (χ0) is 16.2.